The molecule has 214 valence electrons. The quantitative estimate of drug-likeness (QED) is 0.395. The van der Waals surface area contributed by atoms with Crippen LogP contribution < -0.4 is 4.74 Å². The Hall–Kier alpha value is -2.91. The van der Waals surface area contributed by atoms with E-state index in [1.54, 1.807) is 6.20 Å². The predicted molar refractivity (Wildman–Crippen MR) is 151 cm³/mol. The zero-order valence-corrected chi connectivity index (χ0v) is 24.0. The van der Waals surface area contributed by atoms with Crippen LogP contribution in [0, 0.1) is 5.92 Å². The maximum Gasteiger partial charge on any atom is 0.308 e. The molecule has 2 aliphatic heterocycles. The Morgan fingerprint density at radius 1 is 1.18 bits per heavy atom. The number of carbonyl (C=O) groups excluding carboxylic acids is 1. The van der Waals surface area contributed by atoms with Gasteiger partial charge in [-0.3, -0.25) is 14.5 Å². The second-order valence-corrected chi connectivity index (χ2v) is 11.3. The Labute approximate surface area is 232 Å². The van der Waals surface area contributed by atoms with Crippen LogP contribution in [-0.2, 0) is 29.5 Å². The molecule has 0 radical (unpaired) electrons. The van der Waals surface area contributed by atoms with E-state index in [0.29, 0.717) is 26.0 Å². The Kier molecular flexibility index (Phi) is 10.0. The fourth-order valence-electron chi connectivity index (χ4n) is 6.10. The number of carboxylic acids is 1. The maximum absolute atomic E-state index is 13.7. The number of aliphatic carboxylic acids is 1. The molecule has 1 saturated heterocycles. The molecule has 0 spiro atoms. The van der Waals surface area contributed by atoms with Crippen molar-refractivity contribution in [2.75, 3.05) is 53.4 Å². The van der Waals surface area contributed by atoms with E-state index in [9.17, 15) is 14.7 Å². The maximum atomic E-state index is 13.7. The third-order valence-corrected chi connectivity index (χ3v) is 8.27. The summed E-state index contributed by atoms with van der Waals surface area (Å²) in [4.78, 5) is 37.2. The summed E-state index contributed by atoms with van der Waals surface area (Å²) in [6, 6.07) is 5.86. The number of nitrogens with zero attached hydrogens (tertiary/aromatic N) is 5. The van der Waals surface area contributed by atoms with Crippen molar-refractivity contribution in [3.8, 4) is 5.75 Å². The molecular weight excluding hydrogens is 494 g/mol. The van der Waals surface area contributed by atoms with Crippen LogP contribution in [0.5, 0.6) is 5.75 Å². The average molecular weight is 540 g/mol. The molecule has 0 aliphatic carbocycles. The highest BCUT2D eigenvalue weighted by atomic mass is 16.5. The summed E-state index contributed by atoms with van der Waals surface area (Å²) >= 11 is 0. The van der Waals surface area contributed by atoms with Gasteiger partial charge in [0, 0.05) is 63.9 Å². The zero-order valence-electron chi connectivity index (χ0n) is 24.0. The van der Waals surface area contributed by atoms with E-state index in [1.165, 1.54) is 0 Å². The Balaban J connectivity index is 1.57. The lowest BCUT2D eigenvalue weighted by molar-refractivity contribution is -0.143. The molecule has 0 saturated carbocycles. The number of benzene rings is 1. The Morgan fingerprint density at radius 2 is 1.97 bits per heavy atom. The second-order valence-electron chi connectivity index (χ2n) is 11.3. The number of aryl methyl sites for hydroxylation is 2. The summed E-state index contributed by atoms with van der Waals surface area (Å²) < 4.78 is 7.67. The molecule has 9 nitrogen and oxygen atoms in total. The van der Waals surface area contributed by atoms with Gasteiger partial charge in [0.2, 0.25) is 5.91 Å². The molecule has 0 bridgehead atoms. The number of imidazole rings is 1. The lowest BCUT2D eigenvalue weighted by Gasteiger charge is -2.30. The number of likely N-dealkylation sites (tertiary alicyclic amines) is 1. The normalized spacial score (nSPS) is 20.8. The molecule has 1 aromatic carbocycles. The molecule has 2 aliphatic rings. The number of carbonyl (C=O) groups is 2. The van der Waals surface area contributed by atoms with E-state index in [1.807, 2.05) is 48.9 Å². The van der Waals surface area contributed by atoms with Crippen molar-refractivity contribution in [2.45, 2.75) is 57.4 Å². The predicted octanol–water partition coefficient (Wildman–Crippen LogP) is 3.04. The van der Waals surface area contributed by atoms with Crippen LogP contribution in [0.25, 0.3) is 0 Å². The molecule has 1 aromatic heterocycles. The number of amides is 1. The van der Waals surface area contributed by atoms with E-state index in [0.717, 1.165) is 68.0 Å². The summed E-state index contributed by atoms with van der Waals surface area (Å²) in [5, 5.41) is 10.5. The van der Waals surface area contributed by atoms with Gasteiger partial charge < -0.3 is 24.2 Å². The van der Waals surface area contributed by atoms with Crippen molar-refractivity contribution < 1.29 is 19.4 Å². The van der Waals surface area contributed by atoms with Crippen LogP contribution in [0.15, 0.2) is 30.6 Å². The van der Waals surface area contributed by atoms with Crippen molar-refractivity contribution in [1.29, 1.82) is 0 Å². The van der Waals surface area contributed by atoms with Gasteiger partial charge in [0.25, 0.3) is 0 Å². The van der Waals surface area contributed by atoms with Gasteiger partial charge >= 0.3 is 5.97 Å². The van der Waals surface area contributed by atoms with Crippen LogP contribution in [0.3, 0.4) is 0 Å². The van der Waals surface area contributed by atoms with Crippen LogP contribution >= 0.6 is 0 Å². The van der Waals surface area contributed by atoms with E-state index in [4.69, 9.17) is 4.74 Å². The molecule has 1 N–H and O–H groups in total. The lowest BCUT2D eigenvalue weighted by Crippen LogP contribution is -2.45. The fourth-order valence-corrected chi connectivity index (χ4v) is 6.10. The van der Waals surface area contributed by atoms with E-state index < -0.39 is 11.9 Å². The van der Waals surface area contributed by atoms with Gasteiger partial charge in [0.05, 0.1) is 19.1 Å². The molecule has 1 fully saturated rings. The molecule has 1 amide bonds. The van der Waals surface area contributed by atoms with Crippen LogP contribution in [0.2, 0.25) is 0 Å². The molecule has 3 heterocycles. The molecule has 9 heteroatoms. The summed E-state index contributed by atoms with van der Waals surface area (Å²) in [6.45, 7) is 5.99. The molecule has 4 rings (SSSR count). The number of unbranched alkanes of at least 4 members (excludes halogenated alkanes) is 1. The average Bonchev–Trinajstić information content (AvgIpc) is 3.62. The second kappa shape index (κ2) is 13.4. The highest BCUT2D eigenvalue weighted by molar-refractivity contribution is 5.79. The first-order valence-electron chi connectivity index (χ1n) is 14.4. The van der Waals surface area contributed by atoms with Gasteiger partial charge in [-0.15, -0.1) is 0 Å². The zero-order chi connectivity index (χ0) is 27.9. The molecule has 3 atom stereocenters. The lowest BCUT2D eigenvalue weighted by atomic mass is 9.83. The summed E-state index contributed by atoms with van der Waals surface area (Å²) in [6.07, 6.45) is 8.74. The monoisotopic (exact) mass is 539 g/mol. The van der Waals surface area contributed by atoms with Gasteiger partial charge in [-0.05, 0) is 57.1 Å². The number of hydrogen-bond acceptors (Lipinski definition) is 6. The third kappa shape index (κ3) is 7.19. The first-order valence-corrected chi connectivity index (χ1v) is 14.4. The number of aromatic nitrogens is 2. The first-order chi connectivity index (χ1) is 18.8. The number of fused-ring (bicyclic) bond motifs is 1. The van der Waals surface area contributed by atoms with E-state index in [-0.39, 0.29) is 24.4 Å². The summed E-state index contributed by atoms with van der Waals surface area (Å²) in [7, 11) is 6.06. The van der Waals surface area contributed by atoms with Crippen molar-refractivity contribution in [3.05, 3.63) is 47.5 Å². The number of rotatable bonds is 14. The van der Waals surface area contributed by atoms with E-state index in [2.05, 4.69) is 27.8 Å². The van der Waals surface area contributed by atoms with Crippen LogP contribution in [-0.4, -0.2) is 101 Å². The van der Waals surface area contributed by atoms with Crippen molar-refractivity contribution >= 4 is 11.9 Å². The molecule has 2 aromatic rings. The van der Waals surface area contributed by atoms with Gasteiger partial charge in [-0.1, -0.05) is 25.5 Å². The first kappa shape index (κ1) is 29.1. The van der Waals surface area contributed by atoms with E-state index >= 15 is 0 Å². The standard InChI is InChI=1S/C30H45N5O4/c1-5-6-15-34(16-7-14-32(2)3)28(36)21-35-20-24(22-8-10-26-23(19-22)12-18-39-26)29(30(37)38)25(35)9-11-27-31-13-17-33(27)4/h8,10,13,17,19,24-25,29H,5-7,9,11-12,14-16,18,20-21H2,1-4H3,(H,37,38)/t24-,25+,29-/m1/s1. The van der Waals surface area contributed by atoms with Crippen LogP contribution in [0.4, 0.5) is 0 Å². The SMILES string of the molecule is CCCCN(CCCN(C)C)C(=O)CN1C[C@H](c2ccc3c(c2)CCO3)[C@@H](C(=O)O)[C@@H]1CCc1nccn1C. The minimum atomic E-state index is -0.801. The number of ether oxygens (including phenoxy) is 1. The topological polar surface area (TPSA) is 91.1 Å². The number of hydrogen-bond donors (Lipinski definition) is 1. The van der Waals surface area contributed by atoms with Crippen molar-refractivity contribution in [2.24, 2.45) is 13.0 Å². The van der Waals surface area contributed by atoms with Crippen molar-refractivity contribution in [1.82, 2.24) is 24.3 Å². The van der Waals surface area contributed by atoms with Crippen molar-refractivity contribution in [3.63, 3.8) is 0 Å². The molecule has 39 heavy (non-hydrogen) atoms. The van der Waals surface area contributed by atoms with Gasteiger partial charge in [0.1, 0.15) is 11.6 Å². The fraction of sp³-hybridized carbons (Fsp3) is 0.633. The largest absolute Gasteiger partial charge is 0.493 e. The van der Waals surface area contributed by atoms with Gasteiger partial charge in [-0.25, -0.2) is 4.98 Å². The summed E-state index contributed by atoms with van der Waals surface area (Å²) in [5.74, 6) is 0.325. The summed E-state index contributed by atoms with van der Waals surface area (Å²) in [5.41, 5.74) is 2.17. The minimum Gasteiger partial charge on any atom is -0.493 e. The van der Waals surface area contributed by atoms with Gasteiger partial charge in [-0.2, -0.15) is 0 Å². The Bertz CT molecular complexity index is 1120. The highest BCUT2D eigenvalue weighted by Crippen LogP contribution is 2.41. The Morgan fingerprint density at radius 3 is 2.67 bits per heavy atom. The molecular formula is C30H45N5O4. The third-order valence-electron chi connectivity index (χ3n) is 8.27. The van der Waals surface area contributed by atoms with Gasteiger partial charge in [0.15, 0.2) is 0 Å². The van der Waals surface area contributed by atoms with Crippen LogP contribution in [0.1, 0.15) is 55.5 Å². The highest BCUT2D eigenvalue weighted by Gasteiger charge is 2.47. The molecule has 0 unspecified atom stereocenters. The number of carboxylic acid groups (broad SMARTS) is 1. The minimum absolute atomic E-state index is 0.0938. The smallest absolute Gasteiger partial charge is 0.308 e.